The van der Waals surface area contributed by atoms with Crippen LogP contribution in [0, 0.1) is 5.92 Å². The van der Waals surface area contributed by atoms with Crippen molar-refractivity contribution < 1.29 is 4.74 Å². The fourth-order valence-corrected chi connectivity index (χ4v) is 2.96. The van der Waals surface area contributed by atoms with Crippen LogP contribution in [0.5, 0.6) is 0 Å². The molecule has 2 rings (SSSR count). The van der Waals surface area contributed by atoms with E-state index in [9.17, 15) is 0 Å². The van der Waals surface area contributed by atoms with Gasteiger partial charge in [-0.15, -0.1) is 24.0 Å². The van der Waals surface area contributed by atoms with Gasteiger partial charge < -0.3 is 15.4 Å². The summed E-state index contributed by atoms with van der Waals surface area (Å²) in [7, 11) is 0. The largest absolute Gasteiger partial charge is 0.379 e. The van der Waals surface area contributed by atoms with Crippen molar-refractivity contribution in [2.75, 3.05) is 52.5 Å². The van der Waals surface area contributed by atoms with Crippen LogP contribution in [-0.4, -0.2) is 68.2 Å². The Labute approximate surface area is 146 Å². The van der Waals surface area contributed by atoms with E-state index >= 15 is 0 Å². The molecule has 0 spiro atoms. The van der Waals surface area contributed by atoms with Gasteiger partial charge in [-0.3, -0.25) is 9.89 Å². The minimum absolute atomic E-state index is 0. The number of piperidine rings is 1. The number of halogens is 1. The molecule has 5 nitrogen and oxygen atoms in total. The molecule has 2 fully saturated rings. The van der Waals surface area contributed by atoms with Crippen molar-refractivity contribution in [2.45, 2.75) is 32.6 Å². The van der Waals surface area contributed by atoms with Gasteiger partial charge in [0.15, 0.2) is 5.96 Å². The van der Waals surface area contributed by atoms with Crippen molar-refractivity contribution >= 4 is 29.9 Å². The van der Waals surface area contributed by atoms with Crippen molar-refractivity contribution in [2.24, 2.45) is 16.6 Å². The molecule has 1 unspecified atom stereocenters. The number of unbranched alkanes of at least 4 members (excludes halogenated alkanes) is 1. The van der Waals surface area contributed by atoms with Crippen molar-refractivity contribution in [3.05, 3.63) is 0 Å². The highest BCUT2D eigenvalue weighted by Crippen LogP contribution is 2.14. The van der Waals surface area contributed by atoms with E-state index in [0.29, 0.717) is 0 Å². The number of ether oxygens (including phenoxy) is 1. The minimum Gasteiger partial charge on any atom is -0.379 e. The molecule has 1 atom stereocenters. The second kappa shape index (κ2) is 10.6. The Hall–Kier alpha value is -0.0800. The van der Waals surface area contributed by atoms with Gasteiger partial charge in [-0.1, -0.05) is 6.92 Å². The Kier molecular flexibility index (Phi) is 9.59. The molecule has 2 aliphatic heterocycles. The standard InChI is InChI=1S/C15H30N4O.HI/c1-14-5-4-8-19(13-14)15(16)17-6-2-3-7-18-9-11-20-12-10-18;/h14H,2-13H2,1H3,(H2,16,17);1H. The van der Waals surface area contributed by atoms with Gasteiger partial charge in [0.1, 0.15) is 0 Å². The summed E-state index contributed by atoms with van der Waals surface area (Å²) >= 11 is 0. The van der Waals surface area contributed by atoms with E-state index in [1.54, 1.807) is 0 Å². The van der Waals surface area contributed by atoms with Gasteiger partial charge in [0, 0.05) is 32.7 Å². The minimum atomic E-state index is 0. The zero-order valence-electron chi connectivity index (χ0n) is 13.3. The van der Waals surface area contributed by atoms with Gasteiger partial charge in [0.2, 0.25) is 0 Å². The third-order valence-corrected chi connectivity index (χ3v) is 4.24. The molecule has 0 aromatic carbocycles. The van der Waals surface area contributed by atoms with E-state index in [2.05, 4.69) is 21.7 Å². The lowest BCUT2D eigenvalue weighted by Crippen LogP contribution is -2.43. The first-order valence-electron chi connectivity index (χ1n) is 8.10. The molecule has 0 amide bonds. The smallest absolute Gasteiger partial charge is 0.191 e. The number of hydrogen-bond acceptors (Lipinski definition) is 3. The van der Waals surface area contributed by atoms with Crippen LogP contribution in [0.15, 0.2) is 4.99 Å². The molecule has 6 heteroatoms. The SMILES string of the molecule is CC1CCCN(C(N)=NCCCCN2CCOCC2)C1.I. The Morgan fingerprint density at radius 2 is 2.00 bits per heavy atom. The lowest BCUT2D eigenvalue weighted by atomic mass is 10.0. The molecular formula is C15H31IN4O. The molecule has 2 saturated heterocycles. The Morgan fingerprint density at radius 3 is 2.71 bits per heavy atom. The number of likely N-dealkylation sites (tertiary alicyclic amines) is 1. The van der Waals surface area contributed by atoms with Gasteiger partial charge in [-0.25, -0.2) is 0 Å². The Morgan fingerprint density at radius 1 is 1.24 bits per heavy atom. The third kappa shape index (κ3) is 7.15. The number of nitrogens with zero attached hydrogens (tertiary/aromatic N) is 3. The predicted molar refractivity (Wildman–Crippen MR) is 98.4 cm³/mol. The number of morpholine rings is 1. The molecule has 2 heterocycles. The lowest BCUT2D eigenvalue weighted by molar-refractivity contribution is 0.0373. The van der Waals surface area contributed by atoms with Crippen LogP contribution in [0.3, 0.4) is 0 Å². The molecule has 0 aromatic rings. The van der Waals surface area contributed by atoms with Gasteiger partial charge in [-0.05, 0) is 38.1 Å². The summed E-state index contributed by atoms with van der Waals surface area (Å²) in [6.07, 6.45) is 4.90. The highest BCUT2D eigenvalue weighted by atomic mass is 127. The second-order valence-corrected chi connectivity index (χ2v) is 6.09. The van der Waals surface area contributed by atoms with Crippen LogP contribution in [0.2, 0.25) is 0 Å². The van der Waals surface area contributed by atoms with E-state index in [0.717, 1.165) is 64.2 Å². The highest BCUT2D eigenvalue weighted by Gasteiger charge is 2.17. The monoisotopic (exact) mass is 410 g/mol. The van der Waals surface area contributed by atoms with E-state index < -0.39 is 0 Å². The molecule has 21 heavy (non-hydrogen) atoms. The summed E-state index contributed by atoms with van der Waals surface area (Å²) in [4.78, 5) is 9.26. The summed E-state index contributed by atoms with van der Waals surface area (Å²) < 4.78 is 5.35. The van der Waals surface area contributed by atoms with Gasteiger partial charge in [0.25, 0.3) is 0 Å². The van der Waals surface area contributed by atoms with Crippen LogP contribution < -0.4 is 5.73 Å². The average Bonchev–Trinajstić information content (AvgIpc) is 2.48. The Bertz CT molecular complexity index is 308. The quantitative estimate of drug-likeness (QED) is 0.325. The van der Waals surface area contributed by atoms with Crippen LogP contribution in [0.4, 0.5) is 0 Å². The fourth-order valence-electron chi connectivity index (χ4n) is 2.96. The van der Waals surface area contributed by atoms with Crippen molar-refractivity contribution in [1.82, 2.24) is 9.80 Å². The summed E-state index contributed by atoms with van der Waals surface area (Å²) in [5.74, 6) is 1.50. The second-order valence-electron chi connectivity index (χ2n) is 6.09. The number of guanidine groups is 1. The van der Waals surface area contributed by atoms with Crippen molar-refractivity contribution in [3.63, 3.8) is 0 Å². The first-order chi connectivity index (χ1) is 9.75. The number of rotatable bonds is 5. The maximum atomic E-state index is 6.08. The molecule has 0 aromatic heterocycles. The van der Waals surface area contributed by atoms with E-state index in [4.69, 9.17) is 10.5 Å². The molecule has 2 N–H and O–H groups in total. The summed E-state index contributed by atoms with van der Waals surface area (Å²) in [6.45, 7) is 10.4. The normalized spacial score (nSPS) is 24.7. The van der Waals surface area contributed by atoms with Crippen molar-refractivity contribution in [1.29, 1.82) is 0 Å². The predicted octanol–water partition coefficient (Wildman–Crippen LogP) is 1.76. The Balaban J connectivity index is 0.00000220. The molecule has 2 aliphatic rings. The number of aliphatic imine (C=N–C) groups is 1. The van der Waals surface area contributed by atoms with Crippen LogP contribution >= 0.6 is 24.0 Å². The van der Waals surface area contributed by atoms with Crippen LogP contribution in [0.25, 0.3) is 0 Å². The topological polar surface area (TPSA) is 54.1 Å². The van der Waals surface area contributed by atoms with Crippen LogP contribution in [0.1, 0.15) is 32.6 Å². The summed E-state index contributed by atoms with van der Waals surface area (Å²) in [5.41, 5.74) is 6.08. The fraction of sp³-hybridized carbons (Fsp3) is 0.933. The number of hydrogen-bond donors (Lipinski definition) is 1. The average molecular weight is 410 g/mol. The molecule has 0 bridgehead atoms. The van der Waals surface area contributed by atoms with E-state index in [1.807, 2.05) is 0 Å². The van der Waals surface area contributed by atoms with Crippen molar-refractivity contribution in [3.8, 4) is 0 Å². The zero-order valence-corrected chi connectivity index (χ0v) is 15.6. The van der Waals surface area contributed by atoms with Gasteiger partial charge in [-0.2, -0.15) is 0 Å². The van der Waals surface area contributed by atoms with E-state index in [-0.39, 0.29) is 24.0 Å². The summed E-state index contributed by atoms with van der Waals surface area (Å²) in [6, 6.07) is 0. The molecule has 0 saturated carbocycles. The maximum Gasteiger partial charge on any atom is 0.191 e. The summed E-state index contributed by atoms with van der Waals surface area (Å²) in [5, 5.41) is 0. The van der Waals surface area contributed by atoms with Crippen LogP contribution in [-0.2, 0) is 4.74 Å². The van der Waals surface area contributed by atoms with Gasteiger partial charge >= 0.3 is 0 Å². The highest BCUT2D eigenvalue weighted by molar-refractivity contribution is 14.0. The van der Waals surface area contributed by atoms with Gasteiger partial charge in [0.05, 0.1) is 13.2 Å². The molecule has 0 aliphatic carbocycles. The maximum absolute atomic E-state index is 6.08. The molecule has 0 radical (unpaired) electrons. The zero-order chi connectivity index (χ0) is 14.2. The number of nitrogens with two attached hydrogens (primary N) is 1. The molecular weight excluding hydrogens is 379 g/mol. The third-order valence-electron chi connectivity index (χ3n) is 4.24. The lowest BCUT2D eigenvalue weighted by Gasteiger charge is -2.31. The van der Waals surface area contributed by atoms with E-state index in [1.165, 1.54) is 25.8 Å². The first kappa shape index (κ1) is 19.0. The first-order valence-corrected chi connectivity index (χ1v) is 8.10. The molecule has 124 valence electrons.